The summed E-state index contributed by atoms with van der Waals surface area (Å²) in [6.45, 7) is 1.58. The maximum atomic E-state index is 14.1. The highest BCUT2D eigenvalue weighted by atomic mass is 35.5. The molecule has 3 heterocycles. The SMILES string of the molecule is CCOC(=O)c1ccc(N2C(=O)C3Sc4[nH]c(=O)sc4C(c4cc(Cl)ccc4OCC(=O)Nc4ccccc4)C3C2=O)cc1. The van der Waals surface area contributed by atoms with Crippen molar-refractivity contribution in [2.24, 2.45) is 5.92 Å². The molecular formula is C31H24ClN3O7S2. The Morgan fingerprint density at radius 2 is 1.75 bits per heavy atom. The van der Waals surface area contributed by atoms with E-state index in [4.69, 9.17) is 21.1 Å². The van der Waals surface area contributed by atoms with Crippen molar-refractivity contribution in [3.63, 3.8) is 0 Å². The Bertz CT molecular complexity index is 1820. The van der Waals surface area contributed by atoms with E-state index in [2.05, 4.69) is 10.3 Å². The zero-order valence-electron chi connectivity index (χ0n) is 23.1. The number of thiazole rings is 1. The van der Waals surface area contributed by atoms with Crippen molar-refractivity contribution >= 4 is 69.8 Å². The van der Waals surface area contributed by atoms with Crippen molar-refractivity contribution in [3.8, 4) is 5.75 Å². The number of para-hydroxylation sites is 1. The van der Waals surface area contributed by atoms with E-state index in [0.29, 0.717) is 31.9 Å². The van der Waals surface area contributed by atoms with Crippen LogP contribution < -0.4 is 19.8 Å². The minimum Gasteiger partial charge on any atom is -0.483 e. The number of hydrogen-bond donors (Lipinski definition) is 2. The highest BCUT2D eigenvalue weighted by Crippen LogP contribution is 2.54. The highest BCUT2D eigenvalue weighted by Gasteiger charge is 2.57. The number of imide groups is 1. The van der Waals surface area contributed by atoms with Gasteiger partial charge in [0.05, 0.1) is 28.8 Å². The second-order valence-electron chi connectivity index (χ2n) is 9.91. The topological polar surface area (TPSA) is 135 Å². The van der Waals surface area contributed by atoms with Gasteiger partial charge >= 0.3 is 10.8 Å². The number of fused-ring (bicyclic) bond motifs is 2. The lowest BCUT2D eigenvalue weighted by atomic mass is 9.82. The third kappa shape index (κ3) is 5.63. The molecule has 13 heteroatoms. The van der Waals surface area contributed by atoms with Crippen LogP contribution in [0.4, 0.5) is 11.4 Å². The van der Waals surface area contributed by atoms with Crippen LogP contribution in [0.25, 0.3) is 0 Å². The van der Waals surface area contributed by atoms with Crippen LogP contribution in [0, 0.1) is 5.92 Å². The smallest absolute Gasteiger partial charge is 0.338 e. The van der Waals surface area contributed by atoms with Crippen LogP contribution >= 0.6 is 34.7 Å². The van der Waals surface area contributed by atoms with Crippen molar-refractivity contribution in [2.75, 3.05) is 23.4 Å². The molecule has 3 atom stereocenters. The number of hydrogen-bond acceptors (Lipinski definition) is 9. The number of aromatic amines is 1. The van der Waals surface area contributed by atoms with Gasteiger partial charge < -0.3 is 19.8 Å². The number of ether oxygens (including phenoxy) is 2. The number of halogens is 1. The number of rotatable bonds is 8. The molecule has 1 aromatic heterocycles. The molecule has 0 aliphatic carbocycles. The molecule has 3 unspecified atom stereocenters. The number of esters is 1. The fourth-order valence-corrected chi connectivity index (χ4v) is 8.01. The largest absolute Gasteiger partial charge is 0.483 e. The summed E-state index contributed by atoms with van der Waals surface area (Å²) in [6.07, 6.45) is 0. The Morgan fingerprint density at radius 3 is 2.48 bits per heavy atom. The number of carbonyl (C=O) groups excluding carboxylic acids is 4. The van der Waals surface area contributed by atoms with Gasteiger partial charge in [0, 0.05) is 27.1 Å². The predicted molar refractivity (Wildman–Crippen MR) is 167 cm³/mol. The zero-order chi connectivity index (χ0) is 31.0. The molecule has 2 aliphatic heterocycles. The molecule has 3 aromatic carbocycles. The maximum Gasteiger partial charge on any atom is 0.338 e. The molecule has 2 N–H and O–H groups in total. The minimum absolute atomic E-state index is 0.213. The quantitative estimate of drug-likeness (QED) is 0.199. The van der Waals surface area contributed by atoms with E-state index in [1.54, 1.807) is 49.4 Å². The first-order valence-electron chi connectivity index (χ1n) is 13.6. The molecule has 0 radical (unpaired) electrons. The van der Waals surface area contributed by atoms with Crippen molar-refractivity contribution in [1.29, 1.82) is 0 Å². The van der Waals surface area contributed by atoms with E-state index in [-0.39, 0.29) is 29.4 Å². The highest BCUT2D eigenvalue weighted by molar-refractivity contribution is 8.00. The van der Waals surface area contributed by atoms with Crippen LogP contribution in [0.1, 0.15) is 33.6 Å². The van der Waals surface area contributed by atoms with E-state index in [0.717, 1.165) is 28.0 Å². The molecule has 0 saturated carbocycles. The molecule has 44 heavy (non-hydrogen) atoms. The normalized spacial score (nSPS) is 18.9. The number of nitrogens with zero attached hydrogens (tertiary/aromatic N) is 1. The van der Waals surface area contributed by atoms with Crippen LogP contribution in [0.5, 0.6) is 5.75 Å². The number of thioether (sulfide) groups is 1. The Morgan fingerprint density at radius 1 is 1.00 bits per heavy atom. The lowest BCUT2D eigenvalue weighted by Crippen LogP contribution is -2.32. The molecule has 2 aliphatic rings. The molecule has 224 valence electrons. The summed E-state index contributed by atoms with van der Waals surface area (Å²) in [7, 11) is 0. The Kier molecular flexibility index (Phi) is 8.30. The van der Waals surface area contributed by atoms with E-state index >= 15 is 0 Å². The van der Waals surface area contributed by atoms with Crippen molar-refractivity contribution in [3.05, 3.63) is 103 Å². The summed E-state index contributed by atoms with van der Waals surface area (Å²) < 4.78 is 11.0. The van der Waals surface area contributed by atoms with Gasteiger partial charge in [0.25, 0.3) is 5.91 Å². The van der Waals surface area contributed by atoms with Gasteiger partial charge in [0.15, 0.2) is 6.61 Å². The molecule has 0 bridgehead atoms. The number of nitrogens with one attached hydrogen (secondary N) is 2. The van der Waals surface area contributed by atoms with E-state index in [1.807, 2.05) is 6.07 Å². The third-order valence-corrected chi connectivity index (χ3v) is 9.82. The minimum atomic E-state index is -0.907. The Hall–Kier alpha value is -4.39. The summed E-state index contributed by atoms with van der Waals surface area (Å²) in [5.41, 5.74) is 1.67. The van der Waals surface area contributed by atoms with Crippen LogP contribution in [0.15, 0.2) is 82.6 Å². The van der Waals surface area contributed by atoms with Crippen LogP contribution in [0.2, 0.25) is 5.02 Å². The van der Waals surface area contributed by atoms with Gasteiger partial charge in [-0.05, 0) is 61.5 Å². The van der Waals surface area contributed by atoms with E-state index < -0.39 is 40.8 Å². The van der Waals surface area contributed by atoms with Gasteiger partial charge in [-0.25, -0.2) is 9.69 Å². The molecule has 1 fully saturated rings. The molecule has 6 rings (SSSR count). The molecule has 4 aromatic rings. The predicted octanol–water partition coefficient (Wildman–Crippen LogP) is 5.08. The van der Waals surface area contributed by atoms with Crippen LogP contribution in [-0.2, 0) is 19.1 Å². The summed E-state index contributed by atoms with van der Waals surface area (Å²) in [4.78, 5) is 69.4. The monoisotopic (exact) mass is 649 g/mol. The van der Waals surface area contributed by atoms with E-state index in [1.165, 1.54) is 24.3 Å². The number of benzene rings is 3. The molecule has 10 nitrogen and oxygen atoms in total. The molecular weight excluding hydrogens is 626 g/mol. The fraction of sp³-hybridized carbons (Fsp3) is 0.194. The van der Waals surface area contributed by atoms with E-state index in [9.17, 15) is 24.0 Å². The van der Waals surface area contributed by atoms with Gasteiger partial charge in [-0.3, -0.25) is 19.2 Å². The van der Waals surface area contributed by atoms with Gasteiger partial charge in [0.1, 0.15) is 11.0 Å². The first-order valence-corrected chi connectivity index (χ1v) is 15.6. The Labute approximate surface area is 264 Å². The Balaban J connectivity index is 1.34. The first kappa shape index (κ1) is 29.7. The molecule has 3 amide bonds. The fourth-order valence-electron chi connectivity index (χ4n) is 5.32. The van der Waals surface area contributed by atoms with Crippen LogP contribution in [-0.4, -0.2) is 47.1 Å². The first-order chi connectivity index (χ1) is 21.2. The summed E-state index contributed by atoms with van der Waals surface area (Å²) >= 11 is 8.51. The summed E-state index contributed by atoms with van der Waals surface area (Å²) in [5.74, 6) is -3.23. The van der Waals surface area contributed by atoms with Crippen molar-refractivity contribution in [2.45, 2.75) is 23.1 Å². The average molecular weight is 650 g/mol. The number of carbonyl (C=O) groups is 4. The van der Waals surface area contributed by atoms with Gasteiger partial charge in [-0.15, -0.1) is 0 Å². The van der Waals surface area contributed by atoms with Crippen molar-refractivity contribution in [1.82, 2.24) is 4.98 Å². The second kappa shape index (κ2) is 12.3. The van der Waals surface area contributed by atoms with Crippen LogP contribution in [0.3, 0.4) is 0 Å². The number of H-pyrrole nitrogens is 1. The molecule has 1 saturated heterocycles. The van der Waals surface area contributed by atoms with Crippen molar-refractivity contribution < 1.29 is 28.7 Å². The second-order valence-corrected chi connectivity index (χ2v) is 12.5. The number of amides is 3. The summed E-state index contributed by atoms with van der Waals surface area (Å²) in [5, 5.41) is 2.74. The average Bonchev–Trinajstić information content (AvgIpc) is 3.51. The standard InChI is InChI=1S/C31H24ClN3O7S2/c1-2-41-30(39)16-8-11-19(12-9-16)35-28(37)24-23(25-27(34-31(40)44-25)43-26(24)29(35)38)20-14-17(32)10-13-21(20)42-15-22(36)33-18-6-4-3-5-7-18/h3-14,23-24,26H,2,15H2,1H3,(H,33,36)(H,34,40). The van der Waals surface area contributed by atoms with Gasteiger partial charge in [-0.2, -0.15) is 0 Å². The number of aromatic nitrogens is 1. The lowest BCUT2D eigenvalue weighted by Gasteiger charge is -2.31. The third-order valence-electron chi connectivity index (χ3n) is 7.18. The summed E-state index contributed by atoms with van der Waals surface area (Å²) in [6, 6.07) is 19.8. The molecule has 0 spiro atoms. The maximum absolute atomic E-state index is 14.1. The van der Waals surface area contributed by atoms with Gasteiger partial charge in [-0.1, -0.05) is 52.9 Å². The zero-order valence-corrected chi connectivity index (χ0v) is 25.5. The lowest BCUT2D eigenvalue weighted by molar-refractivity contribution is -0.122. The van der Waals surface area contributed by atoms with Gasteiger partial charge in [0.2, 0.25) is 11.8 Å². The number of anilines is 2.